The molecule has 4 aromatic heterocycles. The Morgan fingerprint density at radius 1 is 1.13 bits per heavy atom. The minimum atomic E-state index is -4.72. The monoisotopic (exact) mass is 638 g/mol. The summed E-state index contributed by atoms with van der Waals surface area (Å²) in [6, 6.07) is 3.24. The molecule has 0 spiro atoms. The molecule has 0 radical (unpaired) electrons. The van der Waals surface area contributed by atoms with Crippen LogP contribution in [0.2, 0.25) is 0 Å². The molecule has 0 atom stereocenters. The van der Waals surface area contributed by atoms with Gasteiger partial charge in [-0.3, -0.25) is 9.69 Å². The van der Waals surface area contributed by atoms with E-state index in [1.165, 1.54) is 42.7 Å². The Labute approximate surface area is 260 Å². The number of amides is 2. The summed E-state index contributed by atoms with van der Waals surface area (Å²) < 4.78 is 62.8. The van der Waals surface area contributed by atoms with Gasteiger partial charge in [0.1, 0.15) is 22.7 Å². The molecule has 46 heavy (non-hydrogen) atoms. The highest BCUT2D eigenvalue weighted by atomic mass is 19.4. The Balaban J connectivity index is 1.56. The number of halogens is 4. The molecule has 6 rings (SSSR count). The van der Waals surface area contributed by atoms with Crippen molar-refractivity contribution in [1.29, 1.82) is 0 Å². The number of ether oxygens (including phenoxy) is 1. The van der Waals surface area contributed by atoms with Crippen molar-refractivity contribution >= 4 is 39.6 Å². The molecule has 0 aliphatic heterocycles. The first-order valence-corrected chi connectivity index (χ1v) is 14.8. The molecule has 0 saturated heterocycles. The Morgan fingerprint density at radius 2 is 1.87 bits per heavy atom. The number of pyridine rings is 1. The minimum absolute atomic E-state index is 0.153. The van der Waals surface area contributed by atoms with Crippen LogP contribution in [0.15, 0.2) is 43.0 Å². The van der Waals surface area contributed by atoms with Crippen LogP contribution < -0.4 is 10.2 Å². The van der Waals surface area contributed by atoms with Gasteiger partial charge in [0.25, 0.3) is 0 Å². The summed E-state index contributed by atoms with van der Waals surface area (Å²) in [4.78, 5) is 43.3. The Kier molecular flexibility index (Phi) is 7.86. The van der Waals surface area contributed by atoms with Crippen LogP contribution >= 0.6 is 0 Å². The number of benzene rings is 1. The third kappa shape index (κ3) is 5.28. The van der Waals surface area contributed by atoms with Gasteiger partial charge in [-0.25, -0.2) is 28.8 Å². The fraction of sp³-hybridized carbons (Fsp3) is 0.355. The number of aromatic nitrogens is 6. The highest BCUT2D eigenvalue weighted by Crippen LogP contribution is 2.47. The van der Waals surface area contributed by atoms with Gasteiger partial charge in [-0.05, 0) is 44.4 Å². The largest absolute Gasteiger partial charge is 0.449 e. The zero-order valence-electron chi connectivity index (χ0n) is 25.2. The first-order valence-electron chi connectivity index (χ1n) is 14.8. The summed E-state index contributed by atoms with van der Waals surface area (Å²) in [6.07, 6.45) is 2.78. The van der Waals surface area contributed by atoms with Crippen LogP contribution in [0, 0.1) is 5.82 Å². The van der Waals surface area contributed by atoms with Crippen molar-refractivity contribution in [1.82, 2.24) is 35.0 Å². The fourth-order valence-corrected chi connectivity index (χ4v) is 5.56. The van der Waals surface area contributed by atoms with E-state index in [9.17, 15) is 22.8 Å². The Bertz CT molecular complexity index is 1950. The maximum atomic E-state index is 15.3. The number of H-pyrrole nitrogens is 1. The molecule has 1 aliphatic rings. The summed E-state index contributed by atoms with van der Waals surface area (Å²) in [5, 5.41) is 6.97. The van der Waals surface area contributed by atoms with Crippen molar-refractivity contribution in [3.8, 4) is 16.8 Å². The zero-order valence-corrected chi connectivity index (χ0v) is 25.2. The van der Waals surface area contributed by atoms with Crippen LogP contribution in [0.1, 0.15) is 51.0 Å². The smallest absolute Gasteiger partial charge is 0.435 e. The highest BCUT2D eigenvalue weighted by Gasteiger charge is 2.53. The van der Waals surface area contributed by atoms with E-state index in [2.05, 4.69) is 30.4 Å². The van der Waals surface area contributed by atoms with Crippen molar-refractivity contribution in [3.05, 3.63) is 60.3 Å². The highest BCUT2D eigenvalue weighted by molar-refractivity contribution is 6.16. The SMILES string of the molecule is CCCCOC(=O)N(CC)c1cc(F)cc2c1[nH]c1ncc(-c3cnc(C4(C(=O)NC)CC4)nc3)c(-n3ccc(C(F)(F)F)n3)c12. The lowest BCUT2D eigenvalue weighted by molar-refractivity contribution is -0.141. The first kappa shape index (κ1) is 30.9. The summed E-state index contributed by atoms with van der Waals surface area (Å²) in [5.41, 5.74) is -0.394. The molecule has 1 saturated carbocycles. The molecule has 1 aliphatic carbocycles. The molecule has 15 heteroatoms. The van der Waals surface area contributed by atoms with Gasteiger partial charge in [0.2, 0.25) is 5.91 Å². The summed E-state index contributed by atoms with van der Waals surface area (Å²) in [7, 11) is 1.54. The average molecular weight is 639 g/mol. The summed E-state index contributed by atoms with van der Waals surface area (Å²) in [6.45, 7) is 4.01. The van der Waals surface area contributed by atoms with Crippen LogP contribution in [-0.4, -0.2) is 61.9 Å². The lowest BCUT2D eigenvalue weighted by atomic mass is 10.0. The zero-order chi connectivity index (χ0) is 32.8. The predicted molar refractivity (Wildman–Crippen MR) is 161 cm³/mol. The van der Waals surface area contributed by atoms with Crippen molar-refractivity contribution in [2.75, 3.05) is 25.1 Å². The number of rotatable bonds is 9. The van der Waals surface area contributed by atoms with Gasteiger partial charge in [0.15, 0.2) is 5.69 Å². The molecule has 5 aromatic rings. The normalized spacial score (nSPS) is 14.1. The van der Waals surface area contributed by atoms with Gasteiger partial charge in [0, 0.05) is 54.9 Å². The number of anilines is 1. The molecule has 0 unspecified atom stereocenters. The third-order valence-corrected chi connectivity index (χ3v) is 8.11. The van der Waals surface area contributed by atoms with Crippen molar-refractivity contribution < 1.29 is 31.9 Å². The number of carbonyl (C=O) groups excluding carboxylic acids is 2. The van der Waals surface area contributed by atoms with E-state index in [1.54, 1.807) is 6.92 Å². The van der Waals surface area contributed by atoms with Gasteiger partial charge in [-0.2, -0.15) is 18.3 Å². The molecule has 0 bridgehead atoms. The number of nitrogens with one attached hydrogen (secondary N) is 2. The van der Waals surface area contributed by atoms with E-state index >= 15 is 4.39 Å². The molecular weight excluding hydrogens is 608 g/mol. The number of carbonyl (C=O) groups is 2. The van der Waals surface area contributed by atoms with Gasteiger partial charge >= 0.3 is 12.3 Å². The predicted octanol–water partition coefficient (Wildman–Crippen LogP) is 6.06. The number of aromatic amines is 1. The van der Waals surface area contributed by atoms with Gasteiger partial charge < -0.3 is 15.0 Å². The number of likely N-dealkylation sites (N-methyl/N-ethyl adjacent to an activating group) is 1. The summed E-state index contributed by atoms with van der Waals surface area (Å²) >= 11 is 0. The van der Waals surface area contributed by atoms with E-state index in [4.69, 9.17) is 4.74 Å². The number of unbranched alkanes of at least 4 members (excludes halogenated alkanes) is 1. The minimum Gasteiger partial charge on any atom is -0.449 e. The topological polar surface area (TPSA) is 131 Å². The van der Waals surface area contributed by atoms with Crippen molar-refractivity contribution in [2.24, 2.45) is 0 Å². The quantitative estimate of drug-likeness (QED) is 0.148. The van der Waals surface area contributed by atoms with Gasteiger partial charge in [-0.15, -0.1) is 0 Å². The maximum absolute atomic E-state index is 15.3. The lowest BCUT2D eigenvalue weighted by Crippen LogP contribution is -2.33. The van der Waals surface area contributed by atoms with Crippen LogP contribution in [-0.2, 0) is 21.1 Å². The number of alkyl halides is 3. The standard InChI is InChI=1S/C31H30F4N8O3/c1-4-6-11-46-29(45)42(5-2)21-13-18(32)12-19-23-25(43-10-7-22(41-43)31(33,34)35)20(16-37-26(23)40-24(19)21)17-14-38-27(39-15-17)30(8-9-30)28(44)36-3/h7,10,12-16H,4-6,8-9,11H2,1-3H3,(H,36,44)(H,37,40). The second kappa shape index (κ2) is 11.7. The molecule has 2 amide bonds. The number of hydrogen-bond donors (Lipinski definition) is 2. The van der Waals surface area contributed by atoms with Crippen molar-refractivity contribution in [3.63, 3.8) is 0 Å². The Morgan fingerprint density at radius 3 is 2.48 bits per heavy atom. The Hall–Kier alpha value is -5.08. The van der Waals surface area contributed by atoms with E-state index in [0.717, 1.165) is 23.4 Å². The van der Waals surface area contributed by atoms with E-state index in [-0.39, 0.29) is 46.9 Å². The lowest BCUT2D eigenvalue weighted by Gasteiger charge is -2.21. The number of nitrogens with zero attached hydrogens (tertiary/aromatic N) is 6. The van der Waals surface area contributed by atoms with E-state index < -0.39 is 29.2 Å². The molecule has 1 fully saturated rings. The molecule has 11 nitrogen and oxygen atoms in total. The molecule has 4 heterocycles. The van der Waals surface area contributed by atoms with Crippen molar-refractivity contribution in [2.45, 2.75) is 51.1 Å². The van der Waals surface area contributed by atoms with Gasteiger partial charge in [-0.1, -0.05) is 13.3 Å². The second-order valence-electron chi connectivity index (χ2n) is 11.0. The maximum Gasteiger partial charge on any atom is 0.435 e. The molecular formula is C31H30F4N8O3. The van der Waals surface area contributed by atoms with E-state index in [1.807, 2.05) is 6.92 Å². The van der Waals surface area contributed by atoms with Gasteiger partial charge in [0.05, 0.1) is 28.9 Å². The van der Waals surface area contributed by atoms with Crippen LogP contribution in [0.5, 0.6) is 0 Å². The third-order valence-electron chi connectivity index (χ3n) is 8.11. The average Bonchev–Trinajstić information content (AvgIpc) is 3.53. The number of hydrogen-bond acceptors (Lipinski definition) is 7. The molecule has 2 N–H and O–H groups in total. The van der Waals surface area contributed by atoms with Crippen LogP contribution in [0.25, 0.3) is 38.8 Å². The molecule has 240 valence electrons. The summed E-state index contributed by atoms with van der Waals surface area (Å²) in [5.74, 6) is -0.561. The van der Waals surface area contributed by atoms with Crippen LogP contribution in [0.4, 0.5) is 28.0 Å². The fourth-order valence-electron chi connectivity index (χ4n) is 5.56. The number of fused-ring (bicyclic) bond motifs is 3. The first-order chi connectivity index (χ1) is 22.0. The second-order valence-corrected chi connectivity index (χ2v) is 11.0. The van der Waals surface area contributed by atoms with E-state index in [0.29, 0.717) is 41.7 Å². The molecule has 1 aromatic carbocycles. The van der Waals surface area contributed by atoms with Crippen LogP contribution in [0.3, 0.4) is 0 Å².